The zero-order chi connectivity index (χ0) is 18.7. The minimum Gasteiger partial charge on any atom is -0.352 e. The van der Waals surface area contributed by atoms with Crippen molar-refractivity contribution in [3.63, 3.8) is 0 Å². The van der Waals surface area contributed by atoms with Gasteiger partial charge in [-0.1, -0.05) is 0 Å². The molecule has 1 aliphatic carbocycles. The zero-order valence-corrected chi connectivity index (χ0v) is 17.3. The highest BCUT2D eigenvalue weighted by Gasteiger charge is 2.26. The molecule has 0 N–H and O–H groups in total. The summed E-state index contributed by atoms with van der Waals surface area (Å²) < 4.78 is 0. The molecule has 4 aromatic heterocycles. The van der Waals surface area contributed by atoms with Crippen LogP contribution in [0.3, 0.4) is 0 Å². The number of rotatable bonds is 2. The van der Waals surface area contributed by atoms with Crippen molar-refractivity contribution in [1.82, 2.24) is 19.9 Å². The molecule has 0 radical (unpaired) electrons. The van der Waals surface area contributed by atoms with Crippen molar-refractivity contribution in [3.8, 4) is 0 Å². The van der Waals surface area contributed by atoms with Crippen LogP contribution in [0.25, 0.3) is 20.4 Å². The van der Waals surface area contributed by atoms with E-state index in [4.69, 9.17) is 4.98 Å². The van der Waals surface area contributed by atoms with Crippen LogP contribution in [-0.2, 0) is 12.8 Å². The van der Waals surface area contributed by atoms with Crippen LogP contribution >= 0.6 is 22.7 Å². The number of aryl methyl sites for hydroxylation is 3. The predicted octanol–water partition coefficient (Wildman–Crippen LogP) is 3.82. The van der Waals surface area contributed by atoms with Crippen molar-refractivity contribution < 1.29 is 0 Å². The molecule has 5 heterocycles. The molecule has 142 valence electrons. The van der Waals surface area contributed by atoms with Gasteiger partial charge in [-0.05, 0) is 37.8 Å². The van der Waals surface area contributed by atoms with Crippen molar-refractivity contribution >= 4 is 54.7 Å². The van der Waals surface area contributed by atoms with Crippen LogP contribution in [0.4, 0.5) is 11.6 Å². The van der Waals surface area contributed by atoms with Crippen LogP contribution in [0.15, 0.2) is 18.7 Å². The summed E-state index contributed by atoms with van der Waals surface area (Å²) in [5.74, 6) is 2.20. The van der Waals surface area contributed by atoms with E-state index in [0.717, 1.165) is 47.5 Å². The first-order chi connectivity index (χ1) is 13.8. The molecule has 2 aliphatic rings. The highest BCUT2D eigenvalue weighted by molar-refractivity contribution is 7.19. The number of hydrogen-bond acceptors (Lipinski definition) is 8. The molecule has 1 fully saturated rings. The largest absolute Gasteiger partial charge is 0.352 e. The van der Waals surface area contributed by atoms with Crippen molar-refractivity contribution in [2.24, 2.45) is 0 Å². The smallest absolute Gasteiger partial charge is 0.141 e. The summed E-state index contributed by atoms with van der Waals surface area (Å²) in [5.41, 5.74) is 1.50. The van der Waals surface area contributed by atoms with Crippen LogP contribution in [-0.4, -0.2) is 46.1 Å². The summed E-state index contributed by atoms with van der Waals surface area (Å²) in [6.45, 7) is 5.92. The van der Waals surface area contributed by atoms with Gasteiger partial charge in [0.05, 0.1) is 10.8 Å². The molecule has 1 aliphatic heterocycles. The Balaban J connectivity index is 1.30. The Kier molecular flexibility index (Phi) is 3.77. The van der Waals surface area contributed by atoms with Crippen LogP contribution in [0.2, 0.25) is 0 Å². The van der Waals surface area contributed by atoms with Crippen molar-refractivity contribution in [1.29, 1.82) is 0 Å². The summed E-state index contributed by atoms with van der Waals surface area (Å²) in [6, 6.07) is 2.21. The lowest BCUT2D eigenvalue weighted by atomic mass is 10.1. The lowest BCUT2D eigenvalue weighted by Crippen LogP contribution is -2.47. The summed E-state index contributed by atoms with van der Waals surface area (Å²) in [7, 11) is 0. The second-order valence-electron chi connectivity index (χ2n) is 7.48. The summed E-state index contributed by atoms with van der Waals surface area (Å²) >= 11 is 3.60. The first-order valence-corrected chi connectivity index (χ1v) is 11.4. The number of aromatic nitrogens is 4. The predicted molar refractivity (Wildman–Crippen MR) is 116 cm³/mol. The van der Waals surface area contributed by atoms with Gasteiger partial charge in [-0.3, -0.25) is 0 Å². The Morgan fingerprint density at radius 1 is 0.821 bits per heavy atom. The van der Waals surface area contributed by atoms with Gasteiger partial charge >= 0.3 is 0 Å². The van der Waals surface area contributed by atoms with Crippen LogP contribution in [0, 0.1) is 6.92 Å². The maximum atomic E-state index is 4.71. The Labute approximate surface area is 170 Å². The highest BCUT2D eigenvalue weighted by Crippen LogP contribution is 2.40. The van der Waals surface area contributed by atoms with E-state index < -0.39 is 0 Å². The third kappa shape index (κ3) is 2.51. The number of anilines is 2. The average molecular weight is 409 g/mol. The van der Waals surface area contributed by atoms with Gasteiger partial charge in [-0.2, -0.15) is 0 Å². The molecule has 4 aromatic rings. The van der Waals surface area contributed by atoms with Crippen LogP contribution in [0.1, 0.15) is 21.7 Å². The average Bonchev–Trinajstić information content (AvgIpc) is 3.40. The summed E-state index contributed by atoms with van der Waals surface area (Å²) in [6.07, 6.45) is 7.07. The van der Waals surface area contributed by atoms with E-state index in [0.29, 0.717) is 0 Å². The van der Waals surface area contributed by atoms with Crippen LogP contribution in [0.5, 0.6) is 0 Å². The molecule has 0 unspecified atom stereocenters. The lowest BCUT2D eigenvalue weighted by molar-refractivity contribution is 0.644. The molecular formula is C20H20N6S2. The molecule has 6 rings (SSSR count). The molecule has 0 aromatic carbocycles. The van der Waals surface area contributed by atoms with Gasteiger partial charge in [0, 0.05) is 35.9 Å². The van der Waals surface area contributed by atoms with E-state index in [-0.39, 0.29) is 0 Å². The molecule has 1 saturated heterocycles. The van der Waals surface area contributed by atoms with Crippen molar-refractivity contribution in [2.75, 3.05) is 36.0 Å². The van der Waals surface area contributed by atoms with Gasteiger partial charge in [-0.15, -0.1) is 22.7 Å². The minimum atomic E-state index is 0.943. The SMILES string of the molecule is Cc1cc2c(N3CCN(c4ncnc5sc6c(c45)CCC6)CC3)ncnc2s1. The van der Waals surface area contributed by atoms with Gasteiger partial charge in [0.25, 0.3) is 0 Å². The zero-order valence-electron chi connectivity index (χ0n) is 15.7. The van der Waals surface area contributed by atoms with Gasteiger partial charge in [0.2, 0.25) is 0 Å². The third-order valence-corrected chi connectivity index (χ3v) is 7.95. The van der Waals surface area contributed by atoms with E-state index in [1.165, 1.54) is 45.4 Å². The number of thiophene rings is 2. The van der Waals surface area contributed by atoms with Crippen molar-refractivity contribution in [2.45, 2.75) is 26.2 Å². The standard InChI is InChI=1S/C20H20N6S2/c1-12-9-14-17(21-10-23-19(14)27-12)25-5-7-26(8-6-25)18-16-13-3-2-4-15(13)28-20(16)24-11-22-18/h9-11H,2-8H2,1H3. The molecule has 28 heavy (non-hydrogen) atoms. The Morgan fingerprint density at radius 3 is 2.36 bits per heavy atom. The Bertz CT molecular complexity index is 1190. The van der Waals surface area contributed by atoms with Crippen LogP contribution < -0.4 is 9.80 Å². The number of hydrogen-bond donors (Lipinski definition) is 0. The highest BCUT2D eigenvalue weighted by atomic mass is 32.1. The molecule has 0 spiro atoms. The maximum Gasteiger partial charge on any atom is 0.141 e. The first-order valence-electron chi connectivity index (χ1n) is 9.74. The van der Waals surface area contributed by atoms with Gasteiger partial charge in [-0.25, -0.2) is 19.9 Å². The van der Waals surface area contributed by atoms with E-state index >= 15 is 0 Å². The summed E-state index contributed by atoms with van der Waals surface area (Å²) in [5, 5.41) is 2.49. The number of fused-ring (bicyclic) bond motifs is 4. The first kappa shape index (κ1) is 16.6. The second-order valence-corrected chi connectivity index (χ2v) is 9.80. The fourth-order valence-electron chi connectivity index (χ4n) is 4.50. The fourth-order valence-corrected chi connectivity index (χ4v) is 6.56. The Morgan fingerprint density at radius 2 is 1.54 bits per heavy atom. The number of nitrogens with zero attached hydrogens (tertiary/aromatic N) is 6. The molecule has 6 nitrogen and oxygen atoms in total. The molecular weight excluding hydrogens is 388 g/mol. The van der Waals surface area contributed by atoms with E-state index in [1.54, 1.807) is 24.0 Å². The third-order valence-electron chi connectivity index (χ3n) is 5.79. The molecule has 8 heteroatoms. The van der Waals surface area contributed by atoms with E-state index in [2.05, 4.69) is 37.7 Å². The Hall–Kier alpha value is -2.32. The monoisotopic (exact) mass is 408 g/mol. The molecule has 0 bridgehead atoms. The van der Waals surface area contributed by atoms with Gasteiger partial charge < -0.3 is 9.80 Å². The van der Waals surface area contributed by atoms with E-state index in [9.17, 15) is 0 Å². The van der Waals surface area contributed by atoms with E-state index in [1.807, 2.05) is 11.3 Å². The number of piperazine rings is 1. The van der Waals surface area contributed by atoms with Crippen molar-refractivity contribution in [3.05, 3.63) is 34.0 Å². The molecule has 0 saturated carbocycles. The van der Waals surface area contributed by atoms with Gasteiger partial charge in [0.1, 0.15) is 34.0 Å². The minimum absolute atomic E-state index is 0.943. The quantitative estimate of drug-likeness (QED) is 0.503. The topological polar surface area (TPSA) is 58.0 Å². The maximum absolute atomic E-state index is 4.71. The van der Waals surface area contributed by atoms with Gasteiger partial charge in [0.15, 0.2) is 0 Å². The fraction of sp³-hybridized carbons (Fsp3) is 0.400. The second kappa shape index (κ2) is 6.35. The summed E-state index contributed by atoms with van der Waals surface area (Å²) in [4.78, 5) is 28.2. The lowest BCUT2D eigenvalue weighted by Gasteiger charge is -2.36. The molecule has 0 atom stereocenters. The normalized spacial score (nSPS) is 17.0. The molecule has 0 amide bonds.